The Hall–Kier alpha value is -2.58. The number of aryl methyl sites for hydroxylation is 2. The number of anilines is 2. The molecule has 2 N–H and O–H groups in total. The number of thioether (sulfide) groups is 1. The molecule has 4 rings (SSSR count). The summed E-state index contributed by atoms with van der Waals surface area (Å²) in [7, 11) is 3.96. The molecule has 168 valence electrons. The molecule has 2 aromatic heterocycles. The van der Waals surface area contributed by atoms with Crippen molar-refractivity contribution in [3.8, 4) is 0 Å². The number of rotatable bonds is 7. The van der Waals surface area contributed by atoms with E-state index < -0.39 is 0 Å². The monoisotopic (exact) mass is 469 g/mol. The van der Waals surface area contributed by atoms with Crippen LogP contribution in [0.25, 0.3) is 10.2 Å². The maximum Gasteiger partial charge on any atom is 0.347 e. The molecule has 1 amide bonds. The number of amides is 1. The Kier molecular flexibility index (Phi) is 6.71. The summed E-state index contributed by atoms with van der Waals surface area (Å²) in [6, 6.07) is 7.72. The molecular weight excluding hydrogens is 440 g/mol. The van der Waals surface area contributed by atoms with Crippen molar-refractivity contribution in [2.45, 2.75) is 44.3 Å². The molecule has 0 saturated heterocycles. The zero-order chi connectivity index (χ0) is 22.8. The molecule has 2 heterocycles. The minimum absolute atomic E-state index is 0.0170. The highest BCUT2D eigenvalue weighted by Gasteiger charge is 2.26. The van der Waals surface area contributed by atoms with Gasteiger partial charge in [0.25, 0.3) is 0 Å². The molecule has 0 unspecified atom stereocenters. The predicted molar refractivity (Wildman–Crippen MR) is 134 cm³/mol. The molecule has 1 aliphatic rings. The summed E-state index contributed by atoms with van der Waals surface area (Å²) in [5.74, 6) is 0.0962. The van der Waals surface area contributed by atoms with Gasteiger partial charge in [-0.3, -0.25) is 4.79 Å². The van der Waals surface area contributed by atoms with Crippen molar-refractivity contribution in [2.75, 3.05) is 30.1 Å². The molecule has 0 radical (unpaired) electrons. The topological polar surface area (TPSA) is 68.5 Å². The number of hydrogen-bond donors (Lipinski definition) is 1. The number of benzene rings is 1. The van der Waals surface area contributed by atoms with Crippen LogP contribution in [0.1, 0.15) is 30.2 Å². The van der Waals surface area contributed by atoms with Gasteiger partial charge in [-0.2, -0.15) is 4.57 Å². The molecular formula is C24H29N4O2S2+. The van der Waals surface area contributed by atoms with Gasteiger partial charge in [0.15, 0.2) is 4.83 Å². The highest BCUT2D eigenvalue weighted by molar-refractivity contribution is 7.99. The Balaban J connectivity index is 1.56. The summed E-state index contributed by atoms with van der Waals surface area (Å²) in [4.78, 5) is 33.7. The molecule has 0 aliphatic heterocycles. The fourth-order valence-electron chi connectivity index (χ4n) is 3.97. The SMILES string of the molecule is C=C(C)Cn1c(SCC(=O)Nc2ccc(N(C)C)cc2)[nH+]c2sc3c(c2c1=O)CCCC3. The lowest BCUT2D eigenvalue weighted by molar-refractivity contribution is -0.404. The van der Waals surface area contributed by atoms with E-state index in [4.69, 9.17) is 0 Å². The van der Waals surface area contributed by atoms with Crippen LogP contribution in [0.5, 0.6) is 0 Å². The minimum Gasteiger partial charge on any atom is -0.378 e. The lowest BCUT2D eigenvalue weighted by Gasteiger charge is -2.13. The van der Waals surface area contributed by atoms with Gasteiger partial charge in [-0.25, -0.2) is 9.78 Å². The van der Waals surface area contributed by atoms with Gasteiger partial charge >= 0.3 is 10.7 Å². The maximum absolute atomic E-state index is 13.4. The summed E-state index contributed by atoms with van der Waals surface area (Å²) in [5, 5.41) is 4.45. The minimum atomic E-state index is -0.110. The van der Waals surface area contributed by atoms with E-state index >= 15 is 0 Å². The Morgan fingerprint density at radius 2 is 1.97 bits per heavy atom. The molecule has 0 spiro atoms. The zero-order valence-corrected chi connectivity index (χ0v) is 20.4. The summed E-state index contributed by atoms with van der Waals surface area (Å²) in [5.41, 5.74) is 3.96. The van der Waals surface area contributed by atoms with Crippen molar-refractivity contribution < 1.29 is 9.78 Å². The molecule has 0 fully saturated rings. The summed E-state index contributed by atoms with van der Waals surface area (Å²) < 4.78 is 1.73. The molecule has 3 aromatic rings. The van der Waals surface area contributed by atoms with Crippen LogP contribution in [0.4, 0.5) is 11.4 Å². The van der Waals surface area contributed by atoms with Gasteiger partial charge in [0.05, 0.1) is 5.75 Å². The van der Waals surface area contributed by atoms with Crippen LogP contribution in [0.15, 0.2) is 46.4 Å². The second-order valence-electron chi connectivity index (χ2n) is 8.47. The van der Waals surface area contributed by atoms with Gasteiger partial charge in [0, 0.05) is 30.3 Å². The lowest BCUT2D eigenvalue weighted by Crippen LogP contribution is -2.31. The van der Waals surface area contributed by atoms with E-state index in [0.717, 1.165) is 46.4 Å². The number of nitrogens with one attached hydrogen (secondary N) is 2. The maximum atomic E-state index is 13.4. The standard InChI is InChI=1S/C24H28N4O2S2/c1-15(2)13-28-23(30)21-18-7-5-6-8-19(18)32-22(21)26-24(28)31-14-20(29)25-16-9-11-17(12-10-16)27(3)4/h9-12H,1,5-8,13-14H2,2-4H3,(H,25,29)/p+1. The largest absolute Gasteiger partial charge is 0.378 e. The lowest BCUT2D eigenvalue weighted by atomic mass is 9.97. The average molecular weight is 470 g/mol. The Morgan fingerprint density at radius 1 is 1.25 bits per heavy atom. The van der Waals surface area contributed by atoms with E-state index in [1.165, 1.54) is 28.6 Å². The van der Waals surface area contributed by atoms with Crippen LogP contribution in [0, 0.1) is 0 Å². The third-order valence-corrected chi connectivity index (χ3v) is 7.74. The second kappa shape index (κ2) is 9.50. The van der Waals surface area contributed by atoms with E-state index in [0.29, 0.717) is 11.7 Å². The summed E-state index contributed by atoms with van der Waals surface area (Å²) in [6.07, 6.45) is 4.31. The second-order valence-corrected chi connectivity index (χ2v) is 10.5. The van der Waals surface area contributed by atoms with Gasteiger partial charge in [-0.1, -0.05) is 17.9 Å². The van der Waals surface area contributed by atoms with Gasteiger partial charge in [-0.05, 0) is 79.8 Å². The van der Waals surface area contributed by atoms with Crippen LogP contribution in [0.2, 0.25) is 0 Å². The normalized spacial score (nSPS) is 13.1. The van der Waals surface area contributed by atoms with E-state index in [1.54, 1.807) is 15.9 Å². The molecule has 6 nitrogen and oxygen atoms in total. The predicted octanol–water partition coefficient (Wildman–Crippen LogP) is 4.13. The summed E-state index contributed by atoms with van der Waals surface area (Å²) >= 11 is 3.04. The Labute approximate surface area is 196 Å². The van der Waals surface area contributed by atoms with Gasteiger partial charge < -0.3 is 10.2 Å². The Bertz CT molecular complexity index is 1230. The van der Waals surface area contributed by atoms with Crippen molar-refractivity contribution in [1.82, 2.24) is 4.57 Å². The quantitative estimate of drug-likeness (QED) is 0.321. The fourth-order valence-corrected chi connectivity index (χ4v) is 6.14. The third-order valence-electron chi connectivity index (χ3n) is 5.53. The van der Waals surface area contributed by atoms with Crippen LogP contribution >= 0.6 is 23.1 Å². The van der Waals surface area contributed by atoms with Gasteiger partial charge in [0.1, 0.15) is 11.9 Å². The average Bonchev–Trinajstić information content (AvgIpc) is 3.13. The number of hydrogen-bond acceptors (Lipinski definition) is 5. The highest BCUT2D eigenvalue weighted by atomic mass is 32.2. The van der Waals surface area contributed by atoms with E-state index in [2.05, 4.69) is 16.9 Å². The molecule has 1 aliphatic carbocycles. The molecule has 8 heteroatoms. The zero-order valence-electron chi connectivity index (χ0n) is 18.8. The van der Waals surface area contributed by atoms with E-state index in [9.17, 15) is 9.59 Å². The van der Waals surface area contributed by atoms with E-state index in [-0.39, 0.29) is 17.2 Å². The first-order chi connectivity index (χ1) is 15.3. The smallest absolute Gasteiger partial charge is 0.347 e. The number of fused-ring (bicyclic) bond motifs is 3. The summed E-state index contributed by atoms with van der Waals surface area (Å²) in [6.45, 7) is 6.35. The number of aromatic amines is 1. The highest BCUT2D eigenvalue weighted by Crippen LogP contribution is 2.33. The fraction of sp³-hybridized carbons (Fsp3) is 0.375. The first-order valence-corrected chi connectivity index (χ1v) is 12.6. The number of carbonyl (C=O) groups excluding carboxylic acids is 1. The molecule has 32 heavy (non-hydrogen) atoms. The van der Waals surface area contributed by atoms with Crippen LogP contribution in [-0.4, -0.2) is 30.3 Å². The number of aromatic nitrogens is 2. The molecule has 0 bridgehead atoms. The number of thiophene rings is 1. The number of nitrogens with zero attached hydrogens (tertiary/aromatic N) is 2. The third kappa shape index (κ3) is 4.76. The number of allylic oxidation sites excluding steroid dienone is 1. The van der Waals surface area contributed by atoms with Crippen LogP contribution in [0.3, 0.4) is 0 Å². The number of H-pyrrole nitrogens is 1. The van der Waals surface area contributed by atoms with Crippen LogP contribution < -0.4 is 20.8 Å². The van der Waals surface area contributed by atoms with Gasteiger partial charge in [0.2, 0.25) is 5.91 Å². The van der Waals surface area contributed by atoms with Crippen molar-refractivity contribution >= 4 is 50.6 Å². The van der Waals surface area contributed by atoms with E-state index in [1.807, 2.05) is 50.2 Å². The molecule has 0 saturated carbocycles. The van der Waals surface area contributed by atoms with Crippen LogP contribution in [-0.2, 0) is 24.2 Å². The number of carbonyl (C=O) groups is 1. The first-order valence-electron chi connectivity index (χ1n) is 10.8. The van der Waals surface area contributed by atoms with Crippen molar-refractivity contribution in [3.05, 3.63) is 57.2 Å². The van der Waals surface area contributed by atoms with Crippen molar-refractivity contribution in [2.24, 2.45) is 0 Å². The molecule has 0 atom stereocenters. The Morgan fingerprint density at radius 3 is 2.66 bits per heavy atom. The van der Waals surface area contributed by atoms with Gasteiger partial charge in [-0.15, -0.1) is 0 Å². The van der Waals surface area contributed by atoms with Crippen molar-refractivity contribution in [3.63, 3.8) is 0 Å². The molecule has 1 aromatic carbocycles. The van der Waals surface area contributed by atoms with Crippen molar-refractivity contribution in [1.29, 1.82) is 0 Å². The first kappa shape index (κ1) is 22.6.